The van der Waals surface area contributed by atoms with Crippen molar-refractivity contribution in [3.05, 3.63) is 0 Å². The number of hydrogen-bond donors (Lipinski definition) is 1. The van der Waals surface area contributed by atoms with E-state index >= 15 is 0 Å². The fourth-order valence-corrected chi connectivity index (χ4v) is 3.31. The highest BCUT2D eigenvalue weighted by atomic mass is 16.6. The Morgan fingerprint density at radius 2 is 2.05 bits per heavy atom. The van der Waals surface area contributed by atoms with Crippen LogP contribution in [-0.2, 0) is 9.47 Å². The van der Waals surface area contributed by atoms with Crippen molar-refractivity contribution in [2.75, 3.05) is 19.8 Å². The smallest absolute Gasteiger partial charge is 0.410 e. The first-order valence-corrected chi connectivity index (χ1v) is 8.20. The van der Waals surface area contributed by atoms with Crippen LogP contribution in [0.2, 0.25) is 0 Å². The Morgan fingerprint density at radius 1 is 1.38 bits per heavy atom. The lowest BCUT2D eigenvalue weighted by Gasteiger charge is -2.40. The van der Waals surface area contributed by atoms with Gasteiger partial charge in [-0.05, 0) is 33.1 Å². The lowest BCUT2D eigenvalue weighted by molar-refractivity contribution is -0.0394. The molecule has 0 aromatic heterocycles. The lowest BCUT2D eigenvalue weighted by Crippen LogP contribution is -2.57. The summed E-state index contributed by atoms with van der Waals surface area (Å²) in [4.78, 5) is 14.1. The third-order valence-corrected chi connectivity index (χ3v) is 4.37. The molecule has 0 bridgehead atoms. The Labute approximate surface area is 128 Å². The van der Waals surface area contributed by atoms with E-state index < -0.39 is 5.60 Å². The van der Waals surface area contributed by atoms with Gasteiger partial charge in [0.05, 0.1) is 19.3 Å². The molecule has 1 heterocycles. The van der Waals surface area contributed by atoms with Crippen LogP contribution < -0.4 is 5.73 Å². The van der Waals surface area contributed by atoms with Gasteiger partial charge in [-0.2, -0.15) is 0 Å². The molecule has 1 amide bonds. The summed E-state index contributed by atoms with van der Waals surface area (Å²) in [6.45, 7) is 7.31. The minimum atomic E-state index is -0.477. The Kier molecular flexibility index (Phi) is 5.49. The molecule has 0 spiro atoms. The number of nitrogens with zero attached hydrogens (tertiary/aromatic N) is 1. The third-order valence-electron chi connectivity index (χ3n) is 4.37. The molecule has 1 saturated heterocycles. The summed E-state index contributed by atoms with van der Waals surface area (Å²) >= 11 is 0. The molecule has 0 radical (unpaired) electrons. The van der Waals surface area contributed by atoms with E-state index in [1.54, 1.807) is 4.90 Å². The molecule has 2 unspecified atom stereocenters. The first kappa shape index (κ1) is 16.6. The maximum Gasteiger partial charge on any atom is 0.410 e. The normalized spacial score (nSPS) is 25.9. The summed E-state index contributed by atoms with van der Waals surface area (Å²) in [7, 11) is 0. The number of rotatable bonds is 3. The molecule has 5 nitrogen and oxygen atoms in total. The van der Waals surface area contributed by atoms with Gasteiger partial charge < -0.3 is 15.2 Å². The summed E-state index contributed by atoms with van der Waals surface area (Å²) in [6, 6.07) is -0.0879. The topological polar surface area (TPSA) is 64.8 Å². The molecule has 0 aromatic carbocycles. The average molecular weight is 298 g/mol. The van der Waals surface area contributed by atoms with Crippen LogP contribution in [0.3, 0.4) is 0 Å². The maximum absolute atomic E-state index is 12.4. The lowest BCUT2D eigenvalue weighted by atomic mass is 9.93. The van der Waals surface area contributed by atoms with E-state index in [-0.39, 0.29) is 18.2 Å². The first-order valence-electron chi connectivity index (χ1n) is 8.20. The molecule has 2 N–H and O–H groups in total. The van der Waals surface area contributed by atoms with Crippen molar-refractivity contribution in [3.8, 4) is 0 Å². The predicted octanol–water partition coefficient (Wildman–Crippen LogP) is 2.53. The number of carbonyl (C=O) groups is 1. The molecule has 122 valence electrons. The predicted molar refractivity (Wildman–Crippen MR) is 82.1 cm³/mol. The Hall–Kier alpha value is -0.810. The number of morpholine rings is 1. The van der Waals surface area contributed by atoms with Crippen LogP contribution in [0.5, 0.6) is 0 Å². The Morgan fingerprint density at radius 3 is 2.67 bits per heavy atom. The van der Waals surface area contributed by atoms with Gasteiger partial charge in [0.15, 0.2) is 0 Å². The van der Waals surface area contributed by atoms with Crippen molar-refractivity contribution in [3.63, 3.8) is 0 Å². The highest BCUT2D eigenvalue weighted by Gasteiger charge is 2.35. The molecule has 1 aliphatic heterocycles. The van der Waals surface area contributed by atoms with Gasteiger partial charge in [-0.3, -0.25) is 4.90 Å². The van der Waals surface area contributed by atoms with Crippen molar-refractivity contribution in [1.82, 2.24) is 4.90 Å². The van der Waals surface area contributed by atoms with E-state index in [0.29, 0.717) is 25.7 Å². The van der Waals surface area contributed by atoms with Gasteiger partial charge in [0.2, 0.25) is 0 Å². The Balaban J connectivity index is 1.95. The zero-order chi connectivity index (χ0) is 15.5. The fourth-order valence-electron chi connectivity index (χ4n) is 3.31. The zero-order valence-corrected chi connectivity index (χ0v) is 13.6. The van der Waals surface area contributed by atoms with Crippen LogP contribution >= 0.6 is 0 Å². The Bertz CT molecular complexity index is 348. The average Bonchev–Trinajstić information content (AvgIpc) is 2.89. The van der Waals surface area contributed by atoms with E-state index in [9.17, 15) is 4.79 Å². The van der Waals surface area contributed by atoms with Crippen molar-refractivity contribution in [2.24, 2.45) is 11.7 Å². The second-order valence-corrected chi connectivity index (χ2v) is 7.37. The van der Waals surface area contributed by atoms with Crippen molar-refractivity contribution in [2.45, 2.75) is 70.6 Å². The number of ether oxygens (including phenoxy) is 2. The first-order chi connectivity index (χ1) is 9.87. The van der Waals surface area contributed by atoms with Crippen molar-refractivity contribution >= 4 is 6.09 Å². The van der Waals surface area contributed by atoms with Crippen LogP contribution in [0, 0.1) is 5.92 Å². The highest BCUT2D eigenvalue weighted by Crippen LogP contribution is 2.30. The van der Waals surface area contributed by atoms with Crippen molar-refractivity contribution in [1.29, 1.82) is 0 Å². The molecule has 5 heteroatoms. The zero-order valence-electron chi connectivity index (χ0n) is 13.6. The molecule has 2 aliphatic rings. The van der Waals surface area contributed by atoms with Gasteiger partial charge in [-0.1, -0.05) is 25.7 Å². The van der Waals surface area contributed by atoms with Crippen LogP contribution in [0.15, 0.2) is 0 Å². The summed E-state index contributed by atoms with van der Waals surface area (Å²) in [5.74, 6) is 0.711. The number of hydrogen-bond acceptors (Lipinski definition) is 4. The minimum absolute atomic E-state index is 0.0269. The molecule has 21 heavy (non-hydrogen) atoms. The second-order valence-electron chi connectivity index (χ2n) is 7.37. The minimum Gasteiger partial charge on any atom is -0.444 e. The SMILES string of the molecule is CC(C)(C)OC(=O)N1CCOCC1C(N)CC1CCCC1. The van der Waals surface area contributed by atoms with Gasteiger partial charge in [-0.15, -0.1) is 0 Å². The van der Waals surface area contributed by atoms with E-state index in [1.165, 1.54) is 25.7 Å². The monoisotopic (exact) mass is 298 g/mol. The van der Waals surface area contributed by atoms with Crippen molar-refractivity contribution < 1.29 is 14.3 Å². The summed E-state index contributed by atoms with van der Waals surface area (Å²) in [5.41, 5.74) is 5.91. The standard InChI is InChI=1S/C16H30N2O3/c1-16(2,3)21-15(19)18-8-9-20-11-14(18)13(17)10-12-6-4-5-7-12/h12-14H,4-11,17H2,1-3H3. The van der Waals surface area contributed by atoms with Gasteiger partial charge in [0.1, 0.15) is 5.60 Å². The third kappa shape index (κ3) is 4.85. The van der Waals surface area contributed by atoms with Crippen LogP contribution in [0.1, 0.15) is 52.9 Å². The summed E-state index contributed by atoms with van der Waals surface area (Å²) < 4.78 is 11.1. The van der Waals surface area contributed by atoms with Gasteiger partial charge in [0, 0.05) is 12.6 Å². The summed E-state index contributed by atoms with van der Waals surface area (Å²) in [6.07, 6.45) is 5.88. The molecular formula is C16H30N2O3. The van der Waals surface area contributed by atoms with Gasteiger partial charge in [-0.25, -0.2) is 4.79 Å². The number of nitrogens with two attached hydrogens (primary N) is 1. The molecule has 2 rings (SSSR count). The molecular weight excluding hydrogens is 268 g/mol. The van der Waals surface area contributed by atoms with Crippen LogP contribution in [0.4, 0.5) is 4.79 Å². The molecule has 1 aliphatic carbocycles. The highest BCUT2D eigenvalue weighted by molar-refractivity contribution is 5.68. The number of carbonyl (C=O) groups excluding carboxylic acids is 1. The second kappa shape index (κ2) is 6.97. The number of amides is 1. The summed E-state index contributed by atoms with van der Waals surface area (Å²) in [5, 5.41) is 0. The van der Waals surface area contributed by atoms with E-state index in [0.717, 1.165) is 6.42 Å². The largest absolute Gasteiger partial charge is 0.444 e. The van der Waals surface area contributed by atoms with Gasteiger partial charge >= 0.3 is 6.09 Å². The molecule has 2 atom stereocenters. The van der Waals surface area contributed by atoms with E-state index in [1.807, 2.05) is 20.8 Å². The van der Waals surface area contributed by atoms with E-state index in [2.05, 4.69) is 0 Å². The molecule has 1 saturated carbocycles. The quantitative estimate of drug-likeness (QED) is 0.869. The van der Waals surface area contributed by atoms with Gasteiger partial charge in [0.25, 0.3) is 0 Å². The maximum atomic E-state index is 12.4. The fraction of sp³-hybridized carbons (Fsp3) is 0.938. The molecule has 0 aromatic rings. The van der Waals surface area contributed by atoms with Crippen LogP contribution in [-0.4, -0.2) is 48.4 Å². The molecule has 2 fully saturated rings. The van der Waals surface area contributed by atoms with E-state index in [4.69, 9.17) is 15.2 Å². The van der Waals surface area contributed by atoms with Crippen LogP contribution in [0.25, 0.3) is 0 Å².